The molecule has 3 aromatic rings. The van der Waals surface area contributed by atoms with Crippen LogP contribution in [0.2, 0.25) is 5.02 Å². The molecule has 0 aliphatic carbocycles. The summed E-state index contributed by atoms with van der Waals surface area (Å²) in [7, 11) is 0. The van der Waals surface area contributed by atoms with E-state index in [4.69, 9.17) is 16.3 Å². The lowest BCUT2D eigenvalue weighted by molar-refractivity contribution is 0.0523. The highest BCUT2D eigenvalue weighted by Gasteiger charge is 2.28. The molecule has 31 heavy (non-hydrogen) atoms. The number of thioether (sulfide) groups is 1. The Morgan fingerprint density at radius 3 is 2.32 bits per heavy atom. The molecule has 160 valence electrons. The standard InChI is InChI=1S/C24H22ClNO4S/c1-3-30-24(29)20-18(15-8-6-5-7-9-15)14-19(27)21(22(20)31-4-2)23(28)26-17-12-10-16(25)11-13-17/h5-14,27H,3-4H2,1-2H3,(H,26,28). The predicted molar refractivity (Wildman–Crippen MR) is 125 cm³/mol. The molecule has 0 saturated heterocycles. The van der Waals surface area contributed by atoms with E-state index in [1.807, 2.05) is 37.3 Å². The largest absolute Gasteiger partial charge is 0.507 e. The number of benzene rings is 3. The summed E-state index contributed by atoms with van der Waals surface area (Å²) >= 11 is 7.21. The van der Waals surface area contributed by atoms with Crippen LogP contribution in [0.25, 0.3) is 11.1 Å². The Morgan fingerprint density at radius 2 is 1.71 bits per heavy atom. The molecule has 0 saturated carbocycles. The molecule has 0 radical (unpaired) electrons. The zero-order chi connectivity index (χ0) is 22.4. The summed E-state index contributed by atoms with van der Waals surface area (Å²) in [4.78, 5) is 26.5. The fourth-order valence-corrected chi connectivity index (χ4v) is 4.22. The van der Waals surface area contributed by atoms with Gasteiger partial charge < -0.3 is 15.2 Å². The molecule has 2 N–H and O–H groups in total. The number of carbonyl (C=O) groups excluding carboxylic acids is 2. The average molecular weight is 456 g/mol. The Labute approximate surface area is 190 Å². The van der Waals surface area contributed by atoms with Gasteiger partial charge in [0.2, 0.25) is 0 Å². The maximum Gasteiger partial charge on any atom is 0.339 e. The Kier molecular flexibility index (Phi) is 7.60. The minimum Gasteiger partial charge on any atom is -0.507 e. The summed E-state index contributed by atoms with van der Waals surface area (Å²) in [6.45, 7) is 3.82. The molecule has 3 aromatic carbocycles. The number of amides is 1. The number of esters is 1. The number of phenolic OH excluding ortho intramolecular Hbond substituents is 1. The van der Waals surface area contributed by atoms with Crippen molar-refractivity contribution in [2.45, 2.75) is 18.7 Å². The van der Waals surface area contributed by atoms with Crippen molar-refractivity contribution in [1.29, 1.82) is 0 Å². The summed E-state index contributed by atoms with van der Waals surface area (Å²) in [6, 6.07) is 17.3. The van der Waals surface area contributed by atoms with Crippen molar-refractivity contribution in [1.82, 2.24) is 0 Å². The third-order valence-corrected chi connectivity index (χ3v) is 5.68. The summed E-state index contributed by atoms with van der Waals surface area (Å²) in [5.41, 5.74) is 2.06. The molecule has 0 heterocycles. The molecule has 5 nitrogen and oxygen atoms in total. The van der Waals surface area contributed by atoms with Crippen LogP contribution in [0, 0.1) is 0 Å². The van der Waals surface area contributed by atoms with Crippen LogP contribution < -0.4 is 5.32 Å². The number of rotatable bonds is 7. The molecule has 0 unspecified atom stereocenters. The Hall–Kier alpha value is -2.96. The number of phenols is 1. The van der Waals surface area contributed by atoms with Gasteiger partial charge in [0.15, 0.2) is 0 Å². The molecule has 1 amide bonds. The zero-order valence-corrected chi connectivity index (χ0v) is 18.7. The minimum absolute atomic E-state index is 0.0320. The van der Waals surface area contributed by atoms with Crippen molar-refractivity contribution < 1.29 is 19.4 Å². The normalized spacial score (nSPS) is 10.5. The summed E-state index contributed by atoms with van der Waals surface area (Å²) in [6.07, 6.45) is 0. The van der Waals surface area contributed by atoms with Gasteiger partial charge in [-0.25, -0.2) is 4.79 Å². The number of hydrogen-bond acceptors (Lipinski definition) is 5. The van der Waals surface area contributed by atoms with Crippen LogP contribution in [0.3, 0.4) is 0 Å². The van der Waals surface area contributed by atoms with Gasteiger partial charge in [0.25, 0.3) is 5.91 Å². The monoisotopic (exact) mass is 455 g/mol. The number of aromatic hydroxyl groups is 1. The van der Waals surface area contributed by atoms with E-state index in [2.05, 4.69) is 5.32 Å². The highest BCUT2D eigenvalue weighted by atomic mass is 35.5. The van der Waals surface area contributed by atoms with E-state index in [0.29, 0.717) is 26.9 Å². The van der Waals surface area contributed by atoms with Crippen LogP contribution >= 0.6 is 23.4 Å². The van der Waals surface area contributed by atoms with E-state index in [0.717, 1.165) is 5.56 Å². The van der Waals surface area contributed by atoms with Crippen LogP contribution in [-0.2, 0) is 4.74 Å². The lowest BCUT2D eigenvalue weighted by atomic mass is 9.96. The second-order valence-electron chi connectivity index (χ2n) is 6.50. The Morgan fingerprint density at radius 1 is 1.03 bits per heavy atom. The van der Waals surface area contributed by atoms with Crippen molar-refractivity contribution in [3.8, 4) is 16.9 Å². The van der Waals surface area contributed by atoms with E-state index < -0.39 is 11.9 Å². The second-order valence-corrected chi connectivity index (χ2v) is 8.21. The van der Waals surface area contributed by atoms with Crippen molar-refractivity contribution in [2.24, 2.45) is 0 Å². The quantitative estimate of drug-likeness (QED) is 0.325. The highest BCUT2D eigenvalue weighted by Crippen LogP contribution is 2.40. The fraction of sp³-hybridized carbons (Fsp3) is 0.167. The maximum atomic E-state index is 13.1. The lowest BCUT2D eigenvalue weighted by Gasteiger charge is -2.19. The summed E-state index contributed by atoms with van der Waals surface area (Å²) < 4.78 is 5.30. The first-order chi connectivity index (χ1) is 15.0. The van der Waals surface area contributed by atoms with Crippen molar-refractivity contribution in [2.75, 3.05) is 17.7 Å². The summed E-state index contributed by atoms with van der Waals surface area (Å²) in [5, 5.41) is 14.1. The maximum absolute atomic E-state index is 13.1. The fourth-order valence-electron chi connectivity index (χ4n) is 3.13. The molecule has 0 spiro atoms. The number of nitrogens with one attached hydrogen (secondary N) is 1. The molecule has 0 atom stereocenters. The molecular weight excluding hydrogens is 434 g/mol. The first kappa shape index (κ1) is 22.7. The number of halogens is 1. The molecule has 7 heteroatoms. The van der Waals surface area contributed by atoms with E-state index in [1.54, 1.807) is 31.2 Å². The molecule has 0 aromatic heterocycles. The Balaban J connectivity index is 2.18. The average Bonchev–Trinajstić information content (AvgIpc) is 2.76. The molecule has 0 aliphatic rings. The van der Waals surface area contributed by atoms with Gasteiger partial charge in [-0.15, -0.1) is 11.8 Å². The smallest absolute Gasteiger partial charge is 0.339 e. The first-order valence-corrected chi connectivity index (χ1v) is 11.1. The number of anilines is 1. The molecule has 0 bridgehead atoms. The molecular formula is C24H22ClNO4S. The van der Waals surface area contributed by atoms with E-state index >= 15 is 0 Å². The second kappa shape index (κ2) is 10.4. The minimum atomic E-state index is -0.544. The molecule has 0 aliphatic heterocycles. The summed E-state index contributed by atoms with van der Waals surface area (Å²) in [5.74, 6) is -0.696. The number of ether oxygens (including phenoxy) is 1. The Bertz CT molecular complexity index is 1080. The zero-order valence-electron chi connectivity index (χ0n) is 17.1. The van der Waals surface area contributed by atoms with Crippen LogP contribution in [0.15, 0.2) is 65.6 Å². The highest BCUT2D eigenvalue weighted by molar-refractivity contribution is 7.99. The van der Waals surface area contributed by atoms with Crippen LogP contribution in [0.1, 0.15) is 34.6 Å². The van der Waals surface area contributed by atoms with E-state index in [1.165, 1.54) is 17.8 Å². The van der Waals surface area contributed by atoms with Crippen molar-refractivity contribution in [3.63, 3.8) is 0 Å². The van der Waals surface area contributed by atoms with Gasteiger partial charge in [-0.3, -0.25) is 4.79 Å². The van der Waals surface area contributed by atoms with Crippen LogP contribution in [0.5, 0.6) is 5.75 Å². The van der Waals surface area contributed by atoms with Crippen LogP contribution in [0.4, 0.5) is 5.69 Å². The van der Waals surface area contributed by atoms with Gasteiger partial charge in [0.05, 0.1) is 17.7 Å². The van der Waals surface area contributed by atoms with Crippen molar-refractivity contribution >= 4 is 40.9 Å². The number of carbonyl (C=O) groups is 2. The lowest BCUT2D eigenvalue weighted by Crippen LogP contribution is -2.17. The molecule has 3 rings (SSSR count). The predicted octanol–water partition coefficient (Wildman–Crippen LogP) is 6.25. The van der Waals surface area contributed by atoms with Gasteiger partial charge in [-0.05, 0) is 48.6 Å². The molecule has 0 fully saturated rings. The van der Waals surface area contributed by atoms with Gasteiger partial charge in [-0.2, -0.15) is 0 Å². The van der Waals surface area contributed by atoms with Gasteiger partial charge in [0.1, 0.15) is 5.75 Å². The third-order valence-electron chi connectivity index (χ3n) is 4.44. The van der Waals surface area contributed by atoms with E-state index in [-0.39, 0.29) is 23.5 Å². The van der Waals surface area contributed by atoms with Crippen molar-refractivity contribution in [3.05, 3.63) is 76.8 Å². The van der Waals surface area contributed by atoms with Gasteiger partial charge in [-0.1, -0.05) is 48.9 Å². The topological polar surface area (TPSA) is 75.6 Å². The SMILES string of the molecule is CCOC(=O)c1c(-c2ccccc2)cc(O)c(C(=O)Nc2ccc(Cl)cc2)c1SCC. The van der Waals surface area contributed by atoms with E-state index in [9.17, 15) is 14.7 Å². The first-order valence-electron chi connectivity index (χ1n) is 9.78. The van der Waals surface area contributed by atoms with Gasteiger partial charge >= 0.3 is 5.97 Å². The van der Waals surface area contributed by atoms with Crippen LogP contribution in [-0.4, -0.2) is 29.3 Å². The van der Waals surface area contributed by atoms with Gasteiger partial charge in [0, 0.05) is 21.2 Å². The third kappa shape index (κ3) is 5.21. The number of hydrogen-bond donors (Lipinski definition) is 2.